The van der Waals surface area contributed by atoms with Crippen LogP contribution in [0.5, 0.6) is 0 Å². The number of nitrogens with zero attached hydrogens (tertiary/aromatic N) is 1. The molecule has 2 N–H and O–H groups in total. The molecule has 27 heavy (non-hydrogen) atoms. The average molecular weight is 489 g/mol. The minimum atomic E-state index is 0. The highest BCUT2D eigenvalue weighted by molar-refractivity contribution is 14.0. The van der Waals surface area contributed by atoms with Crippen molar-refractivity contribution in [3.05, 3.63) is 24.2 Å². The van der Waals surface area contributed by atoms with Gasteiger partial charge < -0.3 is 19.8 Å². The summed E-state index contributed by atoms with van der Waals surface area (Å²) in [5.74, 6) is 3.29. The zero-order valence-corrected chi connectivity index (χ0v) is 19.2. The number of halogens is 1. The first-order chi connectivity index (χ1) is 12.7. The van der Waals surface area contributed by atoms with E-state index in [9.17, 15) is 0 Å². The van der Waals surface area contributed by atoms with E-state index < -0.39 is 0 Å². The Morgan fingerprint density at radius 1 is 1.33 bits per heavy atom. The van der Waals surface area contributed by atoms with Crippen molar-refractivity contribution in [3.8, 4) is 0 Å². The standard InChI is InChI=1S/C21H35N3O2.HI/c1-17(2)13-21(8-4-9-21)16-24-20(23-14-18-7-12-25-15-18)22-10-6-19-5-3-11-26-19;/h3,5,11,17-18H,4,6-10,12-16H2,1-2H3,(H2,22,23,24);1H. The summed E-state index contributed by atoms with van der Waals surface area (Å²) in [5.41, 5.74) is 0.431. The molecule has 3 rings (SSSR count). The van der Waals surface area contributed by atoms with E-state index in [0.717, 1.165) is 63.3 Å². The first-order valence-electron chi connectivity index (χ1n) is 10.3. The summed E-state index contributed by atoms with van der Waals surface area (Å²) in [6.07, 6.45) is 9.04. The molecule has 0 aromatic carbocycles. The molecular formula is C21H36IN3O2. The highest BCUT2D eigenvalue weighted by Crippen LogP contribution is 2.46. The van der Waals surface area contributed by atoms with Crippen molar-refractivity contribution in [2.45, 2.75) is 52.4 Å². The third-order valence-corrected chi connectivity index (χ3v) is 5.65. The molecule has 1 aromatic heterocycles. The van der Waals surface area contributed by atoms with Gasteiger partial charge in [0.15, 0.2) is 5.96 Å². The van der Waals surface area contributed by atoms with Crippen LogP contribution in [-0.4, -0.2) is 38.8 Å². The van der Waals surface area contributed by atoms with E-state index in [1.54, 1.807) is 6.26 Å². The lowest BCUT2D eigenvalue weighted by atomic mass is 9.64. The molecule has 1 aromatic rings. The molecule has 1 saturated heterocycles. The van der Waals surface area contributed by atoms with E-state index in [4.69, 9.17) is 14.1 Å². The van der Waals surface area contributed by atoms with Crippen LogP contribution >= 0.6 is 24.0 Å². The van der Waals surface area contributed by atoms with Crippen LogP contribution < -0.4 is 10.6 Å². The van der Waals surface area contributed by atoms with Crippen LogP contribution in [0.25, 0.3) is 0 Å². The Hall–Kier alpha value is -0.760. The number of hydrogen-bond donors (Lipinski definition) is 2. The molecule has 0 spiro atoms. The van der Waals surface area contributed by atoms with Gasteiger partial charge in [-0.3, -0.25) is 4.99 Å². The van der Waals surface area contributed by atoms with Crippen molar-refractivity contribution in [2.24, 2.45) is 22.2 Å². The minimum absolute atomic E-state index is 0. The Labute approximate surface area is 181 Å². The van der Waals surface area contributed by atoms with Gasteiger partial charge in [-0.15, -0.1) is 24.0 Å². The van der Waals surface area contributed by atoms with Crippen molar-refractivity contribution in [3.63, 3.8) is 0 Å². The van der Waals surface area contributed by atoms with E-state index in [1.165, 1.54) is 25.7 Å². The first-order valence-corrected chi connectivity index (χ1v) is 10.3. The quantitative estimate of drug-likeness (QED) is 0.310. The summed E-state index contributed by atoms with van der Waals surface area (Å²) >= 11 is 0. The largest absolute Gasteiger partial charge is 0.469 e. The Kier molecular flexibility index (Phi) is 9.42. The summed E-state index contributed by atoms with van der Waals surface area (Å²) in [4.78, 5) is 4.97. The number of guanidine groups is 1. The molecule has 2 heterocycles. The second-order valence-corrected chi connectivity index (χ2v) is 8.48. The third kappa shape index (κ3) is 7.29. The summed E-state index contributed by atoms with van der Waals surface area (Å²) in [6, 6.07) is 3.96. The van der Waals surface area contributed by atoms with E-state index >= 15 is 0 Å². The lowest BCUT2D eigenvalue weighted by molar-refractivity contribution is 0.111. The maximum absolute atomic E-state index is 5.49. The molecule has 2 aliphatic rings. The SMILES string of the molecule is CC(C)CC1(CN=C(NCCc2ccco2)NCC2CCOC2)CCC1.I. The van der Waals surface area contributed by atoms with Crippen LogP contribution in [0.1, 0.15) is 51.7 Å². The molecule has 0 bridgehead atoms. The summed E-state index contributed by atoms with van der Waals surface area (Å²) in [7, 11) is 0. The molecule has 0 radical (unpaired) electrons. The zero-order chi connectivity index (χ0) is 18.2. The molecule has 1 aliphatic heterocycles. The number of aliphatic imine (C=N–C) groups is 1. The molecule has 2 fully saturated rings. The van der Waals surface area contributed by atoms with Crippen molar-refractivity contribution in [1.29, 1.82) is 0 Å². The van der Waals surface area contributed by atoms with E-state index in [1.807, 2.05) is 12.1 Å². The molecule has 6 heteroatoms. The van der Waals surface area contributed by atoms with Crippen LogP contribution in [-0.2, 0) is 11.2 Å². The first kappa shape index (κ1) is 22.5. The summed E-state index contributed by atoms with van der Waals surface area (Å²) in [6.45, 7) is 9.10. The van der Waals surface area contributed by atoms with E-state index in [0.29, 0.717) is 11.3 Å². The van der Waals surface area contributed by atoms with Gasteiger partial charge in [-0.25, -0.2) is 0 Å². The number of hydrogen-bond acceptors (Lipinski definition) is 3. The second-order valence-electron chi connectivity index (χ2n) is 8.48. The molecule has 1 aliphatic carbocycles. The van der Waals surface area contributed by atoms with Crippen molar-refractivity contribution < 1.29 is 9.15 Å². The monoisotopic (exact) mass is 489 g/mol. The average Bonchev–Trinajstić information content (AvgIpc) is 3.27. The highest BCUT2D eigenvalue weighted by Gasteiger charge is 2.37. The lowest BCUT2D eigenvalue weighted by Crippen LogP contribution is -2.42. The van der Waals surface area contributed by atoms with Gasteiger partial charge in [-0.05, 0) is 49.1 Å². The number of rotatable bonds is 9. The summed E-state index contributed by atoms with van der Waals surface area (Å²) < 4.78 is 10.9. The lowest BCUT2D eigenvalue weighted by Gasteiger charge is -2.42. The normalized spacial score (nSPS) is 21.6. The van der Waals surface area contributed by atoms with Gasteiger partial charge in [-0.2, -0.15) is 0 Å². The highest BCUT2D eigenvalue weighted by atomic mass is 127. The van der Waals surface area contributed by atoms with Gasteiger partial charge in [0.05, 0.1) is 12.9 Å². The number of nitrogens with one attached hydrogen (secondary N) is 2. The van der Waals surface area contributed by atoms with E-state index in [-0.39, 0.29) is 24.0 Å². The summed E-state index contributed by atoms with van der Waals surface area (Å²) in [5, 5.41) is 7.04. The van der Waals surface area contributed by atoms with Gasteiger partial charge in [0.2, 0.25) is 0 Å². The molecule has 5 nitrogen and oxygen atoms in total. The Bertz CT molecular complexity index is 550. The molecule has 1 unspecified atom stereocenters. The fraction of sp³-hybridized carbons (Fsp3) is 0.762. The Morgan fingerprint density at radius 2 is 2.19 bits per heavy atom. The molecular weight excluding hydrogens is 453 g/mol. The molecule has 1 atom stereocenters. The smallest absolute Gasteiger partial charge is 0.191 e. The molecule has 1 saturated carbocycles. The van der Waals surface area contributed by atoms with Crippen LogP contribution in [0.15, 0.2) is 27.8 Å². The van der Waals surface area contributed by atoms with Crippen molar-refractivity contribution in [2.75, 3.05) is 32.8 Å². The topological polar surface area (TPSA) is 58.8 Å². The second kappa shape index (κ2) is 11.3. The third-order valence-electron chi connectivity index (χ3n) is 5.65. The van der Waals surface area contributed by atoms with Crippen molar-refractivity contribution in [1.82, 2.24) is 10.6 Å². The predicted octanol–water partition coefficient (Wildman–Crippen LogP) is 4.23. The van der Waals surface area contributed by atoms with Gasteiger partial charge in [0, 0.05) is 38.6 Å². The van der Waals surface area contributed by atoms with Crippen LogP contribution in [0.2, 0.25) is 0 Å². The van der Waals surface area contributed by atoms with Crippen LogP contribution in [0.3, 0.4) is 0 Å². The van der Waals surface area contributed by atoms with Gasteiger partial charge >= 0.3 is 0 Å². The van der Waals surface area contributed by atoms with Gasteiger partial charge in [-0.1, -0.05) is 20.3 Å². The molecule has 0 amide bonds. The number of furan rings is 1. The maximum atomic E-state index is 5.49. The zero-order valence-electron chi connectivity index (χ0n) is 16.8. The molecule has 154 valence electrons. The number of ether oxygens (including phenoxy) is 1. The van der Waals surface area contributed by atoms with Crippen LogP contribution in [0.4, 0.5) is 0 Å². The Balaban J connectivity index is 0.00000261. The minimum Gasteiger partial charge on any atom is -0.469 e. The fourth-order valence-corrected chi connectivity index (χ4v) is 4.13. The van der Waals surface area contributed by atoms with Gasteiger partial charge in [0.1, 0.15) is 5.76 Å². The van der Waals surface area contributed by atoms with Gasteiger partial charge in [0.25, 0.3) is 0 Å². The van der Waals surface area contributed by atoms with Crippen LogP contribution in [0, 0.1) is 17.3 Å². The van der Waals surface area contributed by atoms with E-state index in [2.05, 4.69) is 24.5 Å². The Morgan fingerprint density at radius 3 is 2.78 bits per heavy atom. The maximum Gasteiger partial charge on any atom is 0.191 e. The van der Waals surface area contributed by atoms with Crippen molar-refractivity contribution >= 4 is 29.9 Å². The predicted molar refractivity (Wildman–Crippen MR) is 121 cm³/mol. The fourth-order valence-electron chi connectivity index (χ4n) is 4.13.